The minimum atomic E-state index is -0.123. The zero-order valence-electron chi connectivity index (χ0n) is 12.9. The van der Waals surface area contributed by atoms with Crippen LogP contribution in [0.3, 0.4) is 0 Å². The van der Waals surface area contributed by atoms with Crippen LogP contribution < -0.4 is 5.32 Å². The van der Waals surface area contributed by atoms with Crippen LogP contribution in [-0.4, -0.2) is 52.1 Å². The maximum absolute atomic E-state index is 11.9. The molecule has 1 aliphatic rings. The van der Waals surface area contributed by atoms with Gasteiger partial charge in [0, 0.05) is 25.9 Å². The Morgan fingerprint density at radius 2 is 1.85 bits per heavy atom. The van der Waals surface area contributed by atoms with Crippen molar-refractivity contribution in [3.63, 3.8) is 0 Å². The molecule has 20 heavy (non-hydrogen) atoms. The number of esters is 1. The fraction of sp³-hybridized carbons (Fsp3) is 0.933. The van der Waals surface area contributed by atoms with Gasteiger partial charge in [0.25, 0.3) is 0 Å². The monoisotopic (exact) mass is 287 g/mol. The number of methoxy groups -OCH3 is 1. The number of carbonyl (C=O) groups excluding carboxylic acids is 1. The van der Waals surface area contributed by atoms with Crippen LogP contribution in [0.15, 0.2) is 0 Å². The summed E-state index contributed by atoms with van der Waals surface area (Å²) >= 11 is 0. The lowest BCUT2D eigenvalue weighted by Crippen LogP contribution is -2.46. The molecule has 0 saturated heterocycles. The van der Waals surface area contributed by atoms with E-state index in [-0.39, 0.29) is 11.5 Å². The number of hydrogen-bond acceptors (Lipinski definition) is 5. The molecule has 5 heteroatoms. The van der Waals surface area contributed by atoms with E-state index in [0.29, 0.717) is 32.8 Å². The van der Waals surface area contributed by atoms with E-state index >= 15 is 0 Å². The van der Waals surface area contributed by atoms with Gasteiger partial charge in [-0.2, -0.15) is 0 Å². The molecule has 0 atom stereocenters. The molecule has 118 valence electrons. The molecule has 1 N–H and O–H groups in total. The molecule has 0 aliphatic heterocycles. The Balaban J connectivity index is 2.10. The average molecular weight is 287 g/mol. The molecule has 1 rings (SSSR count). The van der Waals surface area contributed by atoms with Crippen molar-refractivity contribution in [3.05, 3.63) is 0 Å². The fourth-order valence-corrected chi connectivity index (χ4v) is 2.69. The molecule has 5 nitrogen and oxygen atoms in total. The summed E-state index contributed by atoms with van der Waals surface area (Å²) in [5, 5.41) is 3.33. The van der Waals surface area contributed by atoms with Crippen LogP contribution in [0, 0.1) is 0 Å². The number of carbonyl (C=O) groups is 1. The largest absolute Gasteiger partial charge is 0.463 e. The second-order valence-electron chi connectivity index (χ2n) is 5.45. The van der Waals surface area contributed by atoms with Crippen molar-refractivity contribution in [1.82, 2.24) is 5.32 Å². The molecule has 0 heterocycles. The summed E-state index contributed by atoms with van der Waals surface area (Å²) in [6.45, 7) is 2.14. The van der Waals surface area contributed by atoms with Crippen LogP contribution in [0.4, 0.5) is 0 Å². The first-order chi connectivity index (χ1) is 9.72. The molecule has 1 fully saturated rings. The minimum Gasteiger partial charge on any atom is -0.463 e. The Hall–Kier alpha value is -0.650. The standard InChI is InChI=1S/C15H29NO4/c1-16-15(7-4-3-5-8-15)13-14(17)20-12-11-19-10-6-9-18-2/h16H,3-13H2,1-2H3. The van der Waals surface area contributed by atoms with E-state index in [1.54, 1.807) is 7.11 Å². The normalized spacial score (nSPS) is 17.9. The third-order valence-electron chi connectivity index (χ3n) is 3.95. The lowest BCUT2D eigenvalue weighted by atomic mass is 9.79. The van der Waals surface area contributed by atoms with Gasteiger partial charge in [-0.3, -0.25) is 4.79 Å². The first-order valence-corrected chi connectivity index (χ1v) is 7.64. The van der Waals surface area contributed by atoms with Crippen molar-refractivity contribution in [3.8, 4) is 0 Å². The zero-order valence-corrected chi connectivity index (χ0v) is 12.9. The average Bonchev–Trinajstić information content (AvgIpc) is 2.47. The Labute approximate surface area is 122 Å². The number of nitrogens with one attached hydrogen (secondary N) is 1. The van der Waals surface area contributed by atoms with Crippen LogP contribution in [-0.2, 0) is 19.0 Å². The Morgan fingerprint density at radius 3 is 2.50 bits per heavy atom. The predicted octanol–water partition coefficient (Wildman–Crippen LogP) is 1.90. The van der Waals surface area contributed by atoms with Gasteiger partial charge in [-0.15, -0.1) is 0 Å². The Morgan fingerprint density at radius 1 is 1.10 bits per heavy atom. The summed E-state index contributed by atoms with van der Waals surface area (Å²) in [6, 6.07) is 0. The molecular weight excluding hydrogens is 258 g/mol. The predicted molar refractivity (Wildman–Crippen MR) is 77.8 cm³/mol. The van der Waals surface area contributed by atoms with Gasteiger partial charge >= 0.3 is 5.97 Å². The number of ether oxygens (including phenoxy) is 3. The number of hydrogen-bond donors (Lipinski definition) is 1. The van der Waals surface area contributed by atoms with Crippen molar-refractivity contribution < 1.29 is 19.0 Å². The first kappa shape index (κ1) is 17.4. The quantitative estimate of drug-likeness (QED) is 0.491. The zero-order chi connectivity index (χ0) is 14.7. The summed E-state index contributed by atoms with van der Waals surface area (Å²) < 4.78 is 15.5. The molecule has 0 aromatic carbocycles. The Bertz CT molecular complexity index is 265. The molecule has 0 bridgehead atoms. The molecule has 0 aromatic heterocycles. The van der Waals surface area contributed by atoms with E-state index in [0.717, 1.165) is 19.3 Å². The van der Waals surface area contributed by atoms with Gasteiger partial charge in [0.1, 0.15) is 6.61 Å². The third-order valence-corrected chi connectivity index (χ3v) is 3.95. The highest BCUT2D eigenvalue weighted by atomic mass is 16.6. The van der Waals surface area contributed by atoms with Crippen molar-refractivity contribution in [2.24, 2.45) is 0 Å². The van der Waals surface area contributed by atoms with Crippen LogP contribution >= 0.6 is 0 Å². The molecule has 0 amide bonds. The van der Waals surface area contributed by atoms with Gasteiger partial charge < -0.3 is 19.5 Å². The third kappa shape index (κ3) is 6.68. The second-order valence-corrected chi connectivity index (χ2v) is 5.45. The minimum absolute atomic E-state index is 0.0470. The highest BCUT2D eigenvalue weighted by molar-refractivity contribution is 5.71. The van der Waals surface area contributed by atoms with Crippen LogP contribution in [0.5, 0.6) is 0 Å². The van der Waals surface area contributed by atoms with E-state index < -0.39 is 0 Å². The summed E-state index contributed by atoms with van der Waals surface area (Å²) in [7, 11) is 3.61. The topological polar surface area (TPSA) is 56.8 Å². The summed E-state index contributed by atoms with van der Waals surface area (Å²) in [5.74, 6) is -0.123. The Kier molecular flexibility index (Phi) is 8.82. The summed E-state index contributed by atoms with van der Waals surface area (Å²) in [5.41, 5.74) is -0.0470. The van der Waals surface area contributed by atoms with Crippen molar-refractivity contribution in [2.75, 3.05) is 40.6 Å². The lowest BCUT2D eigenvalue weighted by molar-refractivity contribution is -0.147. The molecule has 1 aliphatic carbocycles. The van der Waals surface area contributed by atoms with Gasteiger partial charge in [-0.25, -0.2) is 0 Å². The van der Waals surface area contributed by atoms with Crippen molar-refractivity contribution in [2.45, 2.75) is 50.5 Å². The first-order valence-electron chi connectivity index (χ1n) is 7.64. The fourth-order valence-electron chi connectivity index (χ4n) is 2.69. The highest BCUT2D eigenvalue weighted by Gasteiger charge is 2.33. The van der Waals surface area contributed by atoms with Crippen molar-refractivity contribution in [1.29, 1.82) is 0 Å². The maximum Gasteiger partial charge on any atom is 0.307 e. The maximum atomic E-state index is 11.9. The van der Waals surface area contributed by atoms with E-state index in [9.17, 15) is 4.79 Å². The van der Waals surface area contributed by atoms with Crippen LogP contribution in [0.1, 0.15) is 44.9 Å². The molecule has 0 aromatic rings. The van der Waals surface area contributed by atoms with E-state index in [4.69, 9.17) is 14.2 Å². The van der Waals surface area contributed by atoms with Gasteiger partial charge in [0.05, 0.1) is 13.0 Å². The van der Waals surface area contributed by atoms with E-state index in [2.05, 4.69) is 5.32 Å². The summed E-state index contributed by atoms with van der Waals surface area (Å²) in [4.78, 5) is 11.9. The molecular formula is C15H29NO4. The molecule has 0 radical (unpaired) electrons. The van der Waals surface area contributed by atoms with E-state index in [1.807, 2.05) is 7.05 Å². The molecule has 1 saturated carbocycles. The van der Waals surface area contributed by atoms with Gasteiger partial charge in [-0.1, -0.05) is 19.3 Å². The van der Waals surface area contributed by atoms with E-state index in [1.165, 1.54) is 19.3 Å². The SMILES string of the molecule is CNC1(CC(=O)OCCOCCCOC)CCCCC1. The molecule has 0 unspecified atom stereocenters. The van der Waals surface area contributed by atoms with Gasteiger partial charge in [-0.05, 0) is 26.3 Å². The molecule has 0 spiro atoms. The van der Waals surface area contributed by atoms with Gasteiger partial charge in [0.15, 0.2) is 0 Å². The second kappa shape index (κ2) is 10.1. The smallest absolute Gasteiger partial charge is 0.307 e. The number of rotatable bonds is 10. The van der Waals surface area contributed by atoms with Crippen LogP contribution in [0.2, 0.25) is 0 Å². The lowest BCUT2D eigenvalue weighted by Gasteiger charge is -2.36. The highest BCUT2D eigenvalue weighted by Crippen LogP contribution is 2.30. The van der Waals surface area contributed by atoms with Gasteiger partial charge in [0.2, 0.25) is 0 Å². The van der Waals surface area contributed by atoms with Crippen LogP contribution in [0.25, 0.3) is 0 Å². The summed E-state index contributed by atoms with van der Waals surface area (Å²) in [6.07, 6.45) is 7.11. The van der Waals surface area contributed by atoms with Crippen molar-refractivity contribution >= 4 is 5.97 Å².